The highest BCUT2D eigenvalue weighted by molar-refractivity contribution is 6.30. The van der Waals surface area contributed by atoms with Crippen molar-refractivity contribution in [2.24, 2.45) is 11.1 Å². The zero-order chi connectivity index (χ0) is 12.3. The van der Waals surface area contributed by atoms with E-state index >= 15 is 0 Å². The van der Waals surface area contributed by atoms with Gasteiger partial charge in [-0.15, -0.1) is 0 Å². The molecule has 16 heavy (non-hydrogen) atoms. The van der Waals surface area contributed by atoms with Crippen LogP contribution in [0.4, 0.5) is 4.39 Å². The Kier molecular flexibility index (Phi) is 4.30. The second kappa shape index (κ2) is 5.13. The predicted molar refractivity (Wildman–Crippen MR) is 64.0 cm³/mol. The van der Waals surface area contributed by atoms with Crippen molar-refractivity contribution >= 4 is 11.6 Å². The second-order valence-electron chi connectivity index (χ2n) is 4.42. The smallest absolute Gasteiger partial charge is 0.144 e. The number of aliphatic hydroxyl groups is 1. The van der Waals surface area contributed by atoms with E-state index in [0.29, 0.717) is 12.0 Å². The zero-order valence-electron chi connectivity index (χ0n) is 9.50. The van der Waals surface area contributed by atoms with Crippen LogP contribution >= 0.6 is 11.6 Å². The fourth-order valence-electron chi connectivity index (χ4n) is 1.51. The van der Waals surface area contributed by atoms with Gasteiger partial charge in [0.15, 0.2) is 0 Å². The first kappa shape index (κ1) is 13.4. The standard InChI is InChI=1S/C12H17ClFNO/c1-8(16)12(2,7-15)6-9-4-3-5-10(13)11(9)14/h3-5,8,16H,6-7,15H2,1-2H3. The molecule has 1 aromatic carbocycles. The minimum Gasteiger partial charge on any atom is -0.393 e. The zero-order valence-corrected chi connectivity index (χ0v) is 10.3. The third kappa shape index (κ3) is 2.73. The Morgan fingerprint density at radius 3 is 2.69 bits per heavy atom. The van der Waals surface area contributed by atoms with Gasteiger partial charge in [-0.05, 0) is 25.0 Å². The van der Waals surface area contributed by atoms with Gasteiger partial charge in [0.05, 0.1) is 11.1 Å². The number of halogens is 2. The van der Waals surface area contributed by atoms with Gasteiger partial charge >= 0.3 is 0 Å². The van der Waals surface area contributed by atoms with Crippen molar-refractivity contribution in [2.75, 3.05) is 6.54 Å². The largest absolute Gasteiger partial charge is 0.393 e. The second-order valence-corrected chi connectivity index (χ2v) is 4.83. The molecule has 0 aromatic heterocycles. The lowest BCUT2D eigenvalue weighted by Gasteiger charge is -2.31. The molecule has 90 valence electrons. The van der Waals surface area contributed by atoms with Gasteiger partial charge in [-0.1, -0.05) is 30.7 Å². The van der Waals surface area contributed by atoms with Crippen LogP contribution in [-0.2, 0) is 6.42 Å². The lowest BCUT2D eigenvalue weighted by atomic mass is 9.79. The van der Waals surface area contributed by atoms with Crippen molar-refractivity contribution in [1.29, 1.82) is 0 Å². The van der Waals surface area contributed by atoms with E-state index in [-0.39, 0.29) is 11.6 Å². The molecule has 0 amide bonds. The molecule has 2 atom stereocenters. The van der Waals surface area contributed by atoms with E-state index in [1.807, 2.05) is 6.92 Å². The molecular weight excluding hydrogens is 229 g/mol. The van der Waals surface area contributed by atoms with Crippen LogP contribution < -0.4 is 5.73 Å². The van der Waals surface area contributed by atoms with Crippen LogP contribution in [-0.4, -0.2) is 17.8 Å². The average Bonchev–Trinajstić information content (AvgIpc) is 2.24. The van der Waals surface area contributed by atoms with E-state index in [2.05, 4.69) is 0 Å². The molecule has 0 bridgehead atoms. The monoisotopic (exact) mass is 245 g/mol. The summed E-state index contributed by atoms with van der Waals surface area (Å²) in [4.78, 5) is 0. The quantitative estimate of drug-likeness (QED) is 0.856. The minimum absolute atomic E-state index is 0.0995. The maximum absolute atomic E-state index is 13.7. The van der Waals surface area contributed by atoms with Crippen molar-refractivity contribution in [1.82, 2.24) is 0 Å². The molecule has 1 aromatic rings. The van der Waals surface area contributed by atoms with E-state index in [4.69, 9.17) is 17.3 Å². The molecule has 2 unspecified atom stereocenters. The SMILES string of the molecule is CC(O)C(C)(CN)Cc1cccc(Cl)c1F. The van der Waals surface area contributed by atoms with Crippen molar-refractivity contribution in [2.45, 2.75) is 26.4 Å². The molecule has 0 aliphatic heterocycles. The summed E-state index contributed by atoms with van der Waals surface area (Å²) < 4.78 is 13.7. The van der Waals surface area contributed by atoms with Gasteiger partial charge in [0.25, 0.3) is 0 Å². The molecule has 0 heterocycles. The number of benzene rings is 1. The molecular formula is C12H17ClFNO. The Bertz CT molecular complexity index is 370. The molecule has 0 aliphatic carbocycles. The summed E-state index contributed by atoms with van der Waals surface area (Å²) in [5.74, 6) is -0.426. The Hall–Kier alpha value is -0.640. The number of hydrogen-bond donors (Lipinski definition) is 2. The summed E-state index contributed by atoms with van der Waals surface area (Å²) in [5.41, 5.74) is 5.58. The van der Waals surface area contributed by atoms with Crippen LogP contribution in [0.25, 0.3) is 0 Å². The highest BCUT2D eigenvalue weighted by Gasteiger charge is 2.30. The lowest BCUT2D eigenvalue weighted by Crippen LogP contribution is -2.39. The van der Waals surface area contributed by atoms with Crippen molar-refractivity contribution < 1.29 is 9.50 Å². The summed E-state index contributed by atoms with van der Waals surface area (Å²) in [5, 5.41) is 9.76. The van der Waals surface area contributed by atoms with E-state index in [9.17, 15) is 9.50 Å². The molecule has 1 rings (SSSR count). The van der Waals surface area contributed by atoms with Crippen LogP contribution in [0.2, 0.25) is 5.02 Å². The van der Waals surface area contributed by atoms with Crippen molar-refractivity contribution in [3.8, 4) is 0 Å². The lowest BCUT2D eigenvalue weighted by molar-refractivity contribution is 0.0583. The molecule has 0 saturated carbocycles. The summed E-state index contributed by atoms with van der Waals surface area (Å²) in [6.45, 7) is 3.78. The predicted octanol–water partition coefficient (Wildman–Crippen LogP) is 2.37. The average molecular weight is 246 g/mol. The number of rotatable bonds is 4. The first-order valence-electron chi connectivity index (χ1n) is 5.22. The van der Waals surface area contributed by atoms with Crippen molar-refractivity contribution in [3.05, 3.63) is 34.6 Å². The summed E-state index contributed by atoms with van der Waals surface area (Å²) in [6, 6.07) is 4.86. The topological polar surface area (TPSA) is 46.2 Å². The maximum Gasteiger partial charge on any atom is 0.144 e. The molecule has 2 nitrogen and oxygen atoms in total. The van der Waals surface area contributed by atoms with Gasteiger partial charge in [-0.25, -0.2) is 4.39 Å². The van der Waals surface area contributed by atoms with Gasteiger partial charge in [0, 0.05) is 12.0 Å². The molecule has 0 spiro atoms. The van der Waals surface area contributed by atoms with Gasteiger partial charge in [-0.3, -0.25) is 0 Å². The number of nitrogens with two attached hydrogens (primary N) is 1. The van der Waals surface area contributed by atoms with Gasteiger partial charge < -0.3 is 10.8 Å². The third-order valence-corrected chi connectivity index (χ3v) is 3.39. The Labute approximate surface area is 100 Å². The van der Waals surface area contributed by atoms with Crippen LogP contribution in [0.1, 0.15) is 19.4 Å². The molecule has 0 fully saturated rings. The number of aliphatic hydroxyl groups excluding tert-OH is 1. The highest BCUT2D eigenvalue weighted by Crippen LogP contribution is 2.28. The Balaban J connectivity index is 2.99. The number of hydrogen-bond acceptors (Lipinski definition) is 2. The molecule has 0 saturated heterocycles. The van der Waals surface area contributed by atoms with E-state index in [1.165, 1.54) is 6.07 Å². The normalized spacial score (nSPS) is 16.9. The van der Waals surface area contributed by atoms with Gasteiger partial charge in [-0.2, -0.15) is 0 Å². The van der Waals surface area contributed by atoms with Gasteiger partial charge in [0.1, 0.15) is 5.82 Å². The summed E-state index contributed by atoms with van der Waals surface area (Å²) in [7, 11) is 0. The molecule has 0 aliphatic rings. The minimum atomic E-state index is -0.601. The molecule has 0 radical (unpaired) electrons. The van der Waals surface area contributed by atoms with E-state index < -0.39 is 17.3 Å². The van der Waals surface area contributed by atoms with Crippen molar-refractivity contribution in [3.63, 3.8) is 0 Å². The van der Waals surface area contributed by atoms with E-state index in [1.54, 1.807) is 19.1 Å². The maximum atomic E-state index is 13.7. The summed E-state index contributed by atoms with van der Waals surface area (Å²) in [6.07, 6.45) is -0.232. The van der Waals surface area contributed by atoms with Crippen LogP contribution in [0.5, 0.6) is 0 Å². The molecule has 3 N–H and O–H groups in total. The fourth-order valence-corrected chi connectivity index (χ4v) is 1.70. The molecule has 4 heteroatoms. The van der Waals surface area contributed by atoms with Crippen LogP contribution in [0, 0.1) is 11.2 Å². The third-order valence-electron chi connectivity index (χ3n) is 3.10. The first-order chi connectivity index (χ1) is 7.40. The summed E-state index contributed by atoms with van der Waals surface area (Å²) >= 11 is 5.70. The van der Waals surface area contributed by atoms with E-state index in [0.717, 1.165) is 0 Å². The fraction of sp³-hybridized carbons (Fsp3) is 0.500. The van der Waals surface area contributed by atoms with Gasteiger partial charge in [0.2, 0.25) is 0 Å². The van der Waals surface area contributed by atoms with Crippen LogP contribution in [0.15, 0.2) is 18.2 Å². The van der Waals surface area contributed by atoms with Crippen LogP contribution in [0.3, 0.4) is 0 Å². The Morgan fingerprint density at radius 1 is 1.56 bits per heavy atom. The highest BCUT2D eigenvalue weighted by atomic mass is 35.5. The first-order valence-corrected chi connectivity index (χ1v) is 5.59. The Morgan fingerprint density at radius 2 is 2.19 bits per heavy atom.